The normalized spacial score (nSPS) is 13.0. The highest BCUT2D eigenvalue weighted by Gasteiger charge is 2.10. The van der Waals surface area contributed by atoms with Gasteiger partial charge in [-0.15, -0.1) is 0 Å². The lowest BCUT2D eigenvalue weighted by atomic mass is 10.1. The molecule has 14 heavy (non-hydrogen) atoms. The highest BCUT2D eigenvalue weighted by atomic mass is 79.9. The van der Waals surface area contributed by atoms with E-state index in [0.29, 0.717) is 11.1 Å². The van der Waals surface area contributed by atoms with E-state index in [4.69, 9.17) is 4.42 Å². The Balaban J connectivity index is 2.05. The van der Waals surface area contributed by atoms with Gasteiger partial charge in [-0.3, -0.25) is 5.10 Å². The Hall–Kier alpha value is -1.07. The average molecular weight is 257 g/mol. The van der Waals surface area contributed by atoms with Crippen molar-refractivity contribution < 1.29 is 9.52 Å². The third-order valence-corrected chi connectivity index (χ3v) is 2.37. The predicted octanol–water partition coefficient (Wildman–Crippen LogP) is 2.04. The number of aliphatic hydroxyl groups is 1. The van der Waals surface area contributed by atoms with E-state index in [-0.39, 0.29) is 0 Å². The van der Waals surface area contributed by atoms with E-state index in [1.807, 2.05) is 6.07 Å². The Kier molecular flexibility index (Phi) is 2.69. The summed E-state index contributed by atoms with van der Waals surface area (Å²) in [5.41, 5.74) is 1.73. The van der Waals surface area contributed by atoms with E-state index in [9.17, 15) is 5.11 Å². The molecule has 2 rings (SSSR count). The van der Waals surface area contributed by atoms with Crippen LogP contribution in [0.3, 0.4) is 0 Å². The van der Waals surface area contributed by atoms with Gasteiger partial charge in [0.1, 0.15) is 0 Å². The molecule has 0 aromatic carbocycles. The Morgan fingerprint density at radius 2 is 2.50 bits per heavy atom. The highest BCUT2D eigenvalue weighted by molar-refractivity contribution is 9.10. The molecule has 0 bridgehead atoms. The molecule has 0 spiro atoms. The molecular formula is C9H9BrN2O2. The summed E-state index contributed by atoms with van der Waals surface area (Å²) in [6, 6.07) is 1.84. The molecule has 5 heteroatoms. The zero-order chi connectivity index (χ0) is 9.97. The van der Waals surface area contributed by atoms with E-state index in [1.165, 1.54) is 0 Å². The first-order chi connectivity index (χ1) is 6.75. The summed E-state index contributed by atoms with van der Waals surface area (Å²) in [4.78, 5) is 0. The maximum Gasteiger partial charge on any atom is 0.169 e. The molecule has 4 nitrogen and oxygen atoms in total. The second-order valence-electron chi connectivity index (χ2n) is 3.01. The Labute approximate surface area is 89.1 Å². The monoisotopic (exact) mass is 256 g/mol. The van der Waals surface area contributed by atoms with Crippen LogP contribution >= 0.6 is 15.9 Å². The van der Waals surface area contributed by atoms with Crippen LogP contribution in [0.25, 0.3) is 0 Å². The quantitative estimate of drug-likeness (QED) is 0.884. The maximum absolute atomic E-state index is 9.76. The number of furan rings is 1. The molecule has 0 saturated carbocycles. The lowest BCUT2D eigenvalue weighted by molar-refractivity contribution is 0.178. The first kappa shape index (κ1) is 9.48. The second-order valence-corrected chi connectivity index (χ2v) is 3.79. The summed E-state index contributed by atoms with van der Waals surface area (Å²) in [6.45, 7) is 0. The molecule has 0 radical (unpaired) electrons. The fraction of sp³-hybridized carbons (Fsp3) is 0.222. The van der Waals surface area contributed by atoms with Crippen molar-refractivity contribution >= 4 is 15.9 Å². The molecule has 1 atom stereocenters. The number of nitrogens with zero attached hydrogens (tertiary/aromatic N) is 1. The van der Waals surface area contributed by atoms with Crippen LogP contribution in [0.15, 0.2) is 33.8 Å². The van der Waals surface area contributed by atoms with Crippen LogP contribution in [0, 0.1) is 0 Å². The van der Waals surface area contributed by atoms with Gasteiger partial charge in [-0.05, 0) is 27.6 Å². The van der Waals surface area contributed by atoms with Crippen LogP contribution in [0.2, 0.25) is 0 Å². The molecule has 2 aromatic rings. The Bertz CT molecular complexity index is 397. The van der Waals surface area contributed by atoms with Crippen LogP contribution < -0.4 is 0 Å². The predicted molar refractivity (Wildman–Crippen MR) is 53.7 cm³/mol. The smallest absolute Gasteiger partial charge is 0.169 e. The molecule has 1 unspecified atom stereocenters. The molecule has 0 aliphatic heterocycles. The van der Waals surface area contributed by atoms with Crippen molar-refractivity contribution in [2.75, 3.05) is 0 Å². The van der Waals surface area contributed by atoms with Crippen molar-refractivity contribution in [3.63, 3.8) is 0 Å². The van der Waals surface area contributed by atoms with E-state index in [2.05, 4.69) is 26.1 Å². The third-order valence-electron chi connectivity index (χ3n) is 1.95. The summed E-state index contributed by atoms with van der Waals surface area (Å²) >= 11 is 3.20. The number of hydrogen-bond acceptors (Lipinski definition) is 3. The molecule has 2 aromatic heterocycles. The van der Waals surface area contributed by atoms with Crippen LogP contribution in [0.1, 0.15) is 17.2 Å². The molecule has 0 fully saturated rings. The zero-order valence-electron chi connectivity index (χ0n) is 7.27. The van der Waals surface area contributed by atoms with Gasteiger partial charge >= 0.3 is 0 Å². The molecule has 0 aliphatic rings. The van der Waals surface area contributed by atoms with E-state index < -0.39 is 6.10 Å². The largest absolute Gasteiger partial charge is 0.457 e. The van der Waals surface area contributed by atoms with Gasteiger partial charge < -0.3 is 9.52 Å². The van der Waals surface area contributed by atoms with Gasteiger partial charge in [-0.2, -0.15) is 5.10 Å². The number of aromatic nitrogens is 2. The fourth-order valence-electron chi connectivity index (χ4n) is 1.24. The van der Waals surface area contributed by atoms with Gasteiger partial charge in [0.15, 0.2) is 4.67 Å². The first-order valence-electron chi connectivity index (χ1n) is 4.15. The minimum Gasteiger partial charge on any atom is -0.457 e. The van der Waals surface area contributed by atoms with E-state index >= 15 is 0 Å². The van der Waals surface area contributed by atoms with Gasteiger partial charge in [0.25, 0.3) is 0 Å². The molecule has 0 aliphatic carbocycles. The topological polar surface area (TPSA) is 62.1 Å². The van der Waals surface area contributed by atoms with Gasteiger partial charge in [-0.1, -0.05) is 0 Å². The SMILES string of the molecule is OC(Cc1coc(Br)c1)c1cn[nH]c1. The number of hydrogen-bond donors (Lipinski definition) is 2. The summed E-state index contributed by atoms with van der Waals surface area (Å²) in [5, 5.41) is 16.2. The molecular weight excluding hydrogens is 248 g/mol. The number of H-pyrrole nitrogens is 1. The Morgan fingerprint density at radius 1 is 1.64 bits per heavy atom. The standard InChI is InChI=1S/C9H9BrN2O2/c10-9-2-6(5-14-9)1-8(13)7-3-11-12-4-7/h2-5,8,13H,1H2,(H,11,12). The Morgan fingerprint density at radius 3 is 3.07 bits per heavy atom. The van der Waals surface area contributed by atoms with Crippen molar-refractivity contribution in [2.24, 2.45) is 0 Å². The van der Waals surface area contributed by atoms with Gasteiger partial charge in [0.05, 0.1) is 18.6 Å². The lowest BCUT2D eigenvalue weighted by Gasteiger charge is -2.04. The van der Waals surface area contributed by atoms with E-state index in [1.54, 1.807) is 18.7 Å². The van der Waals surface area contributed by atoms with Crippen molar-refractivity contribution in [3.8, 4) is 0 Å². The number of nitrogens with one attached hydrogen (secondary N) is 1. The minimum absolute atomic E-state index is 0.522. The fourth-order valence-corrected chi connectivity index (χ4v) is 1.62. The molecule has 0 amide bonds. The summed E-state index contributed by atoms with van der Waals surface area (Å²) in [7, 11) is 0. The number of rotatable bonds is 3. The van der Waals surface area contributed by atoms with E-state index in [0.717, 1.165) is 11.1 Å². The van der Waals surface area contributed by atoms with Crippen molar-refractivity contribution in [3.05, 3.63) is 40.5 Å². The average Bonchev–Trinajstić information content (AvgIpc) is 2.75. The number of halogens is 1. The number of aliphatic hydroxyl groups excluding tert-OH is 1. The van der Waals surface area contributed by atoms with Gasteiger partial charge in [0.2, 0.25) is 0 Å². The molecule has 2 heterocycles. The first-order valence-corrected chi connectivity index (χ1v) is 4.94. The lowest BCUT2D eigenvalue weighted by Crippen LogP contribution is -1.99. The van der Waals surface area contributed by atoms with Gasteiger partial charge in [-0.25, -0.2) is 0 Å². The summed E-state index contributed by atoms with van der Waals surface area (Å²) in [5.74, 6) is 0. The van der Waals surface area contributed by atoms with Gasteiger partial charge in [0, 0.05) is 18.2 Å². The van der Waals surface area contributed by atoms with Crippen LogP contribution in [-0.4, -0.2) is 15.3 Å². The number of aromatic amines is 1. The van der Waals surface area contributed by atoms with Crippen LogP contribution in [0.5, 0.6) is 0 Å². The van der Waals surface area contributed by atoms with Crippen molar-refractivity contribution in [1.82, 2.24) is 10.2 Å². The summed E-state index contributed by atoms with van der Waals surface area (Å²) in [6.07, 6.45) is 4.89. The zero-order valence-corrected chi connectivity index (χ0v) is 8.86. The molecule has 0 saturated heterocycles. The van der Waals surface area contributed by atoms with Crippen LogP contribution in [0.4, 0.5) is 0 Å². The molecule has 74 valence electrons. The highest BCUT2D eigenvalue weighted by Crippen LogP contribution is 2.20. The van der Waals surface area contributed by atoms with Crippen molar-refractivity contribution in [2.45, 2.75) is 12.5 Å². The third kappa shape index (κ3) is 2.05. The summed E-state index contributed by atoms with van der Waals surface area (Å²) < 4.78 is 5.74. The second kappa shape index (κ2) is 3.98. The van der Waals surface area contributed by atoms with Crippen molar-refractivity contribution in [1.29, 1.82) is 0 Å². The maximum atomic E-state index is 9.76. The van der Waals surface area contributed by atoms with Crippen LogP contribution in [-0.2, 0) is 6.42 Å². The molecule has 2 N–H and O–H groups in total. The minimum atomic E-state index is -0.543.